The average molecular weight is 399 g/mol. The number of rotatable bonds is 9. The highest BCUT2D eigenvalue weighted by Gasteiger charge is 2.31. The summed E-state index contributed by atoms with van der Waals surface area (Å²) in [5, 5.41) is 0. The second-order valence-corrected chi connectivity index (χ2v) is 9.03. The fourth-order valence-electron chi connectivity index (χ4n) is 5.42. The number of carbonyl (C=O) groups excluding carboxylic acids is 1. The summed E-state index contributed by atoms with van der Waals surface area (Å²) in [6.07, 6.45) is 16.7. The predicted molar refractivity (Wildman–Crippen MR) is 118 cm³/mol. The molecule has 0 unspecified atom stereocenters. The largest absolute Gasteiger partial charge is 0.457 e. The van der Waals surface area contributed by atoms with Crippen LogP contribution in [0.5, 0.6) is 5.75 Å². The Balaban J connectivity index is 1.39. The van der Waals surface area contributed by atoms with Gasteiger partial charge in [0, 0.05) is 6.08 Å². The number of hydrogen-bond acceptors (Lipinski definition) is 3. The number of ether oxygens (including phenoxy) is 2. The maximum absolute atomic E-state index is 11.0. The number of hydrogen-bond donors (Lipinski definition) is 0. The lowest BCUT2D eigenvalue weighted by molar-refractivity contribution is -0.144. The molecule has 3 rings (SSSR count). The molecule has 0 N–H and O–H groups in total. The summed E-state index contributed by atoms with van der Waals surface area (Å²) in [5.41, 5.74) is 1.42. The minimum Gasteiger partial charge on any atom is -0.457 e. The summed E-state index contributed by atoms with van der Waals surface area (Å²) in [6.45, 7) is 5.61. The molecule has 2 aliphatic rings. The van der Waals surface area contributed by atoms with Crippen LogP contribution in [0, 0.1) is 17.8 Å². The summed E-state index contributed by atoms with van der Waals surface area (Å²) in [5.74, 6) is 3.92. The SMILES string of the molecule is C=CC(=O)OCOc1ccc(C2CCC(C3CCC(CCCC)CC3)CC2)cc1. The Labute approximate surface area is 176 Å². The van der Waals surface area contributed by atoms with Gasteiger partial charge in [-0.1, -0.05) is 57.7 Å². The van der Waals surface area contributed by atoms with Crippen LogP contribution in [0.15, 0.2) is 36.9 Å². The van der Waals surface area contributed by atoms with Gasteiger partial charge in [0.2, 0.25) is 6.79 Å². The Morgan fingerprint density at radius 1 is 1.00 bits per heavy atom. The van der Waals surface area contributed by atoms with Crippen molar-refractivity contribution in [1.82, 2.24) is 0 Å². The fourth-order valence-corrected chi connectivity index (χ4v) is 5.42. The molecule has 1 aromatic carbocycles. The first-order valence-corrected chi connectivity index (χ1v) is 11.7. The quantitative estimate of drug-likeness (QED) is 0.255. The molecule has 1 aromatic rings. The first-order chi connectivity index (χ1) is 14.2. The van der Waals surface area contributed by atoms with Crippen LogP contribution in [-0.2, 0) is 9.53 Å². The summed E-state index contributed by atoms with van der Waals surface area (Å²) in [6, 6.07) is 8.32. The molecule has 0 saturated heterocycles. The van der Waals surface area contributed by atoms with Gasteiger partial charge in [-0.05, 0) is 79.9 Å². The van der Waals surface area contributed by atoms with Crippen molar-refractivity contribution < 1.29 is 14.3 Å². The Hall–Kier alpha value is -1.77. The van der Waals surface area contributed by atoms with Crippen molar-refractivity contribution in [3.8, 4) is 5.75 Å². The second-order valence-electron chi connectivity index (χ2n) is 9.03. The predicted octanol–water partition coefficient (Wildman–Crippen LogP) is 7.02. The van der Waals surface area contributed by atoms with Gasteiger partial charge >= 0.3 is 5.97 Å². The molecule has 0 radical (unpaired) electrons. The van der Waals surface area contributed by atoms with E-state index in [1.165, 1.54) is 76.2 Å². The summed E-state index contributed by atoms with van der Waals surface area (Å²) in [4.78, 5) is 11.0. The second kappa shape index (κ2) is 11.4. The van der Waals surface area contributed by atoms with Crippen LogP contribution >= 0.6 is 0 Å². The third kappa shape index (κ3) is 6.62. The van der Waals surface area contributed by atoms with E-state index < -0.39 is 5.97 Å². The number of esters is 1. The third-order valence-corrected chi connectivity index (χ3v) is 7.24. The van der Waals surface area contributed by atoms with Gasteiger partial charge in [-0.3, -0.25) is 0 Å². The number of benzene rings is 1. The van der Waals surface area contributed by atoms with E-state index in [2.05, 4.69) is 25.6 Å². The topological polar surface area (TPSA) is 35.5 Å². The van der Waals surface area contributed by atoms with Crippen molar-refractivity contribution in [3.05, 3.63) is 42.5 Å². The van der Waals surface area contributed by atoms with E-state index in [1.54, 1.807) is 0 Å². The molecule has 0 atom stereocenters. The van der Waals surface area contributed by atoms with Gasteiger partial charge in [0.1, 0.15) is 5.75 Å². The fraction of sp³-hybridized carbons (Fsp3) is 0.654. The van der Waals surface area contributed by atoms with E-state index in [0.29, 0.717) is 5.92 Å². The minimum atomic E-state index is -0.465. The lowest BCUT2D eigenvalue weighted by Crippen LogP contribution is -2.25. The van der Waals surface area contributed by atoms with E-state index in [9.17, 15) is 4.79 Å². The Morgan fingerprint density at radius 3 is 2.21 bits per heavy atom. The van der Waals surface area contributed by atoms with Crippen molar-refractivity contribution in [2.75, 3.05) is 6.79 Å². The van der Waals surface area contributed by atoms with Crippen molar-refractivity contribution in [3.63, 3.8) is 0 Å². The van der Waals surface area contributed by atoms with Crippen LogP contribution in [0.4, 0.5) is 0 Å². The van der Waals surface area contributed by atoms with Crippen LogP contribution < -0.4 is 4.74 Å². The third-order valence-electron chi connectivity index (χ3n) is 7.24. The average Bonchev–Trinajstić information content (AvgIpc) is 2.78. The van der Waals surface area contributed by atoms with Crippen LogP contribution in [0.25, 0.3) is 0 Å². The molecule has 0 aromatic heterocycles. The van der Waals surface area contributed by atoms with E-state index in [1.807, 2.05) is 12.1 Å². The van der Waals surface area contributed by atoms with Crippen LogP contribution in [0.2, 0.25) is 0 Å². The van der Waals surface area contributed by atoms with Gasteiger partial charge in [-0.25, -0.2) is 4.79 Å². The summed E-state index contributed by atoms with van der Waals surface area (Å²) in [7, 11) is 0. The molecule has 0 spiro atoms. The van der Waals surface area contributed by atoms with Gasteiger partial charge in [-0.15, -0.1) is 0 Å². The molecule has 3 heteroatoms. The first kappa shape index (κ1) is 21.9. The molecule has 3 nitrogen and oxygen atoms in total. The highest BCUT2D eigenvalue weighted by molar-refractivity contribution is 5.81. The molecule has 160 valence electrons. The molecule has 0 aliphatic heterocycles. The van der Waals surface area contributed by atoms with E-state index in [0.717, 1.165) is 29.6 Å². The molecule has 2 aliphatic carbocycles. The van der Waals surface area contributed by atoms with E-state index in [4.69, 9.17) is 9.47 Å². The lowest BCUT2D eigenvalue weighted by atomic mass is 9.68. The smallest absolute Gasteiger partial charge is 0.333 e. The zero-order chi connectivity index (χ0) is 20.5. The van der Waals surface area contributed by atoms with Gasteiger partial charge in [0.05, 0.1) is 0 Å². The molecular formula is C26H38O3. The van der Waals surface area contributed by atoms with Gasteiger partial charge in [0.15, 0.2) is 0 Å². The number of carbonyl (C=O) groups is 1. The van der Waals surface area contributed by atoms with Gasteiger partial charge in [-0.2, -0.15) is 0 Å². The van der Waals surface area contributed by atoms with Crippen LogP contribution in [-0.4, -0.2) is 12.8 Å². The Kier molecular flexibility index (Phi) is 8.64. The summed E-state index contributed by atoms with van der Waals surface area (Å²) < 4.78 is 10.3. The first-order valence-electron chi connectivity index (χ1n) is 11.7. The molecular weight excluding hydrogens is 360 g/mol. The van der Waals surface area contributed by atoms with Crippen molar-refractivity contribution in [1.29, 1.82) is 0 Å². The molecule has 0 amide bonds. The standard InChI is InChI=1S/C26H38O3/c1-3-5-6-20-7-9-21(10-8-20)22-11-13-23(14-12-22)24-15-17-25(18-16-24)28-19-29-26(27)4-2/h4,15-18,20-23H,2-3,5-14,19H2,1H3. The zero-order valence-corrected chi connectivity index (χ0v) is 18.1. The lowest BCUT2D eigenvalue weighted by Gasteiger charge is -2.38. The van der Waals surface area contributed by atoms with Crippen LogP contribution in [0.3, 0.4) is 0 Å². The zero-order valence-electron chi connectivity index (χ0n) is 18.1. The highest BCUT2D eigenvalue weighted by Crippen LogP contribution is 2.44. The normalized spacial score (nSPS) is 27.2. The Morgan fingerprint density at radius 2 is 1.62 bits per heavy atom. The highest BCUT2D eigenvalue weighted by atomic mass is 16.7. The van der Waals surface area contributed by atoms with Gasteiger partial charge in [0.25, 0.3) is 0 Å². The summed E-state index contributed by atoms with van der Waals surface area (Å²) >= 11 is 0. The molecule has 0 bridgehead atoms. The number of unbranched alkanes of at least 4 members (excludes halogenated alkanes) is 1. The monoisotopic (exact) mass is 398 g/mol. The van der Waals surface area contributed by atoms with E-state index >= 15 is 0 Å². The molecule has 29 heavy (non-hydrogen) atoms. The van der Waals surface area contributed by atoms with Crippen molar-refractivity contribution >= 4 is 5.97 Å². The Bertz CT molecular complexity index is 620. The molecule has 2 fully saturated rings. The maximum atomic E-state index is 11.0. The molecule has 2 saturated carbocycles. The maximum Gasteiger partial charge on any atom is 0.333 e. The van der Waals surface area contributed by atoms with Crippen molar-refractivity contribution in [2.24, 2.45) is 17.8 Å². The minimum absolute atomic E-state index is 0.0734. The van der Waals surface area contributed by atoms with Gasteiger partial charge < -0.3 is 9.47 Å². The molecule has 0 heterocycles. The van der Waals surface area contributed by atoms with E-state index in [-0.39, 0.29) is 6.79 Å². The van der Waals surface area contributed by atoms with Crippen LogP contribution in [0.1, 0.15) is 89.0 Å². The van der Waals surface area contributed by atoms with Crippen molar-refractivity contribution in [2.45, 2.75) is 83.5 Å².